The van der Waals surface area contributed by atoms with E-state index in [2.05, 4.69) is 28.7 Å². The van der Waals surface area contributed by atoms with E-state index in [1.54, 1.807) is 0 Å². The van der Waals surface area contributed by atoms with E-state index in [4.69, 9.17) is 0 Å². The minimum Gasteiger partial charge on any atom is -0.335 e. The Morgan fingerprint density at radius 1 is 1.24 bits per heavy atom. The first-order chi connectivity index (χ1) is 8.27. The fourth-order valence-electron chi connectivity index (χ4n) is 2.12. The highest BCUT2D eigenvalue weighted by atomic mass is 15.0. The van der Waals surface area contributed by atoms with Crippen LogP contribution in [0.5, 0.6) is 0 Å². The maximum absolute atomic E-state index is 4.32. The van der Waals surface area contributed by atoms with E-state index in [9.17, 15) is 0 Å². The van der Waals surface area contributed by atoms with E-state index < -0.39 is 0 Å². The Morgan fingerprint density at radius 2 is 2.00 bits per heavy atom. The molecule has 0 radical (unpaired) electrons. The van der Waals surface area contributed by atoms with Crippen LogP contribution in [0.25, 0.3) is 0 Å². The van der Waals surface area contributed by atoms with E-state index in [-0.39, 0.29) is 0 Å². The molecule has 96 valence electrons. The molecule has 1 saturated carbocycles. The third-order valence-electron chi connectivity index (χ3n) is 3.68. The second kappa shape index (κ2) is 6.20. The first-order valence-corrected chi connectivity index (χ1v) is 6.99. The van der Waals surface area contributed by atoms with Crippen LogP contribution in [0.3, 0.4) is 0 Å². The number of aryl methyl sites for hydroxylation is 2. The van der Waals surface area contributed by atoms with E-state index in [1.807, 2.05) is 6.33 Å². The highest BCUT2D eigenvalue weighted by molar-refractivity contribution is 5.08. The smallest absolute Gasteiger partial charge is 0.0951 e. The summed E-state index contributed by atoms with van der Waals surface area (Å²) in [5.74, 6) is 0. The Kier molecular flexibility index (Phi) is 4.60. The second-order valence-corrected chi connectivity index (χ2v) is 5.25. The molecule has 1 aliphatic rings. The summed E-state index contributed by atoms with van der Waals surface area (Å²) in [6, 6.07) is 0.867. The van der Waals surface area contributed by atoms with E-state index in [0.29, 0.717) is 0 Å². The van der Waals surface area contributed by atoms with Crippen LogP contribution in [0.15, 0.2) is 6.33 Å². The molecule has 0 aliphatic heterocycles. The van der Waals surface area contributed by atoms with Crippen LogP contribution in [0.4, 0.5) is 0 Å². The van der Waals surface area contributed by atoms with Crippen molar-refractivity contribution >= 4 is 0 Å². The molecule has 1 aliphatic carbocycles. The molecule has 3 heteroatoms. The minimum atomic E-state index is 0.867. The van der Waals surface area contributed by atoms with Crippen LogP contribution in [-0.2, 0) is 6.54 Å². The minimum absolute atomic E-state index is 0.867. The predicted molar refractivity (Wildman–Crippen MR) is 71.2 cm³/mol. The lowest BCUT2D eigenvalue weighted by molar-refractivity contribution is 0.545. The van der Waals surface area contributed by atoms with Gasteiger partial charge in [-0.2, -0.15) is 0 Å². The largest absolute Gasteiger partial charge is 0.335 e. The van der Waals surface area contributed by atoms with Crippen LogP contribution >= 0.6 is 0 Å². The highest BCUT2D eigenvalue weighted by Gasteiger charge is 2.19. The van der Waals surface area contributed by atoms with Gasteiger partial charge in [0.25, 0.3) is 0 Å². The fourth-order valence-corrected chi connectivity index (χ4v) is 2.12. The van der Waals surface area contributed by atoms with Crippen molar-refractivity contribution in [3.8, 4) is 0 Å². The van der Waals surface area contributed by atoms with Gasteiger partial charge in [0.05, 0.1) is 12.0 Å². The van der Waals surface area contributed by atoms with Gasteiger partial charge in [-0.3, -0.25) is 0 Å². The second-order valence-electron chi connectivity index (χ2n) is 5.25. The highest BCUT2D eigenvalue weighted by Crippen LogP contribution is 2.18. The molecule has 1 fully saturated rings. The zero-order valence-corrected chi connectivity index (χ0v) is 11.2. The summed E-state index contributed by atoms with van der Waals surface area (Å²) < 4.78 is 2.28. The Hall–Kier alpha value is -0.830. The van der Waals surface area contributed by atoms with Crippen molar-refractivity contribution in [3.63, 3.8) is 0 Å². The van der Waals surface area contributed by atoms with Crippen molar-refractivity contribution in [3.05, 3.63) is 17.7 Å². The third kappa shape index (κ3) is 4.15. The molecular weight excluding hydrogens is 210 g/mol. The van der Waals surface area contributed by atoms with Crippen LogP contribution in [0.2, 0.25) is 0 Å². The summed E-state index contributed by atoms with van der Waals surface area (Å²) in [5.41, 5.74) is 2.49. The SMILES string of the molecule is Cc1ncn(CCCCCCNC2CC2)c1C. The van der Waals surface area contributed by atoms with Crippen molar-refractivity contribution in [1.29, 1.82) is 0 Å². The predicted octanol–water partition coefficient (Wildman–Crippen LogP) is 2.81. The van der Waals surface area contributed by atoms with Crippen molar-refractivity contribution < 1.29 is 0 Å². The fraction of sp³-hybridized carbons (Fsp3) is 0.786. The molecule has 17 heavy (non-hydrogen) atoms. The molecule has 1 N–H and O–H groups in total. The van der Waals surface area contributed by atoms with Gasteiger partial charge < -0.3 is 9.88 Å². The van der Waals surface area contributed by atoms with Gasteiger partial charge in [0.2, 0.25) is 0 Å². The molecule has 0 bridgehead atoms. The standard InChI is InChI=1S/C14H25N3/c1-12-13(2)17(11-16-12)10-6-4-3-5-9-15-14-7-8-14/h11,14-15H,3-10H2,1-2H3. The van der Waals surface area contributed by atoms with E-state index in [1.165, 1.54) is 56.5 Å². The average Bonchev–Trinajstić information content (AvgIpc) is 3.09. The summed E-state index contributed by atoms with van der Waals surface area (Å²) >= 11 is 0. The van der Waals surface area contributed by atoms with Crippen LogP contribution < -0.4 is 5.32 Å². The number of aromatic nitrogens is 2. The van der Waals surface area contributed by atoms with Gasteiger partial charge in [-0.15, -0.1) is 0 Å². The molecule has 0 saturated heterocycles. The van der Waals surface area contributed by atoms with Gasteiger partial charge in [0, 0.05) is 18.3 Å². The Balaban J connectivity index is 1.49. The van der Waals surface area contributed by atoms with Crippen molar-refractivity contribution in [2.45, 2.75) is 65.0 Å². The maximum Gasteiger partial charge on any atom is 0.0951 e. The number of nitrogens with zero attached hydrogens (tertiary/aromatic N) is 2. The molecule has 1 heterocycles. The van der Waals surface area contributed by atoms with Crippen molar-refractivity contribution in [1.82, 2.24) is 14.9 Å². The molecule has 0 atom stereocenters. The molecule has 0 aromatic carbocycles. The van der Waals surface area contributed by atoms with Gasteiger partial charge in [-0.25, -0.2) is 4.98 Å². The third-order valence-corrected chi connectivity index (χ3v) is 3.68. The summed E-state index contributed by atoms with van der Waals surface area (Å²) in [7, 11) is 0. The number of nitrogens with one attached hydrogen (secondary N) is 1. The summed E-state index contributed by atoms with van der Waals surface area (Å²) in [5, 5.41) is 3.56. The lowest BCUT2D eigenvalue weighted by Crippen LogP contribution is -2.17. The molecular formula is C14H25N3. The van der Waals surface area contributed by atoms with E-state index >= 15 is 0 Å². The number of unbranched alkanes of at least 4 members (excludes halogenated alkanes) is 3. The van der Waals surface area contributed by atoms with Crippen molar-refractivity contribution in [2.24, 2.45) is 0 Å². The first kappa shape index (κ1) is 12.6. The summed E-state index contributed by atoms with van der Waals surface area (Å²) in [6.07, 6.45) is 10.1. The van der Waals surface area contributed by atoms with Crippen LogP contribution in [0, 0.1) is 13.8 Å². The van der Waals surface area contributed by atoms with Crippen LogP contribution in [-0.4, -0.2) is 22.1 Å². The molecule has 0 amide bonds. The lowest BCUT2D eigenvalue weighted by atomic mass is 10.2. The topological polar surface area (TPSA) is 29.9 Å². The molecule has 3 nitrogen and oxygen atoms in total. The summed E-state index contributed by atoms with van der Waals surface area (Å²) in [4.78, 5) is 4.32. The average molecular weight is 235 g/mol. The zero-order valence-electron chi connectivity index (χ0n) is 11.2. The Bertz CT molecular complexity index is 339. The van der Waals surface area contributed by atoms with Crippen LogP contribution in [0.1, 0.15) is 49.9 Å². The molecule has 2 rings (SSSR count). The van der Waals surface area contributed by atoms with E-state index in [0.717, 1.165) is 12.6 Å². The molecule has 0 unspecified atom stereocenters. The monoisotopic (exact) mass is 235 g/mol. The van der Waals surface area contributed by atoms with Crippen molar-refractivity contribution in [2.75, 3.05) is 6.54 Å². The first-order valence-electron chi connectivity index (χ1n) is 6.99. The van der Waals surface area contributed by atoms with Gasteiger partial charge in [0.15, 0.2) is 0 Å². The lowest BCUT2D eigenvalue weighted by Gasteiger charge is -2.06. The number of imidazole rings is 1. The Morgan fingerprint density at radius 3 is 2.65 bits per heavy atom. The van der Waals surface area contributed by atoms with Gasteiger partial charge in [-0.05, 0) is 46.1 Å². The zero-order chi connectivity index (χ0) is 12.1. The van der Waals surface area contributed by atoms with Gasteiger partial charge >= 0.3 is 0 Å². The maximum atomic E-state index is 4.32. The normalized spacial score (nSPS) is 15.4. The Labute approximate surface area is 105 Å². The summed E-state index contributed by atoms with van der Waals surface area (Å²) in [6.45, 7) is 6.58. The molecule has 1 aromatic rings. The van der Waals surface area contributed by atoms with Gasteiger partial charge in [-0.1, -0.05) is 12.8 Å². The molecule has 1 aromatic heterocycles. The van der Waals surface area contributed by atoms with Gasteiger partial charge in [0.1, 0.15) is 0 Å². The number of hydrogen-bond donors (Lipinski definition) is 1. The quantitative estimate of drug-likeness (QED) is 0.702. The molecule has 0 spiro atoms. The number of hydrogen-bond acceptors (Lipinski definition) is 2. The number of rotatable bonds is 8.